The Morgan fingerprint density at radius 2 is 1.90 bits per heavy atom. The number of aromatic nitrogens is 3. The first-order valence-corrected chi connectivity index (χ1v) is 11.7. The van der Waals surface area contributed by atoms with Gasteiger partial charge in [0.2, 0.25) is 21.9 Å². The second-order valence-electron chi connectivity index (χ2n) is 6.98. The molecule has 1 fully saturated rings. The lowest BCUT2D eigenvalue weighted by molar-refractivity contribution is 0.331. The molecule has 1 aromatic carbocycles. The van der Waals surface area contributed by atoms with Crippen molar-refractivity contribution in [2.75, 3.05) is 30.0 Å². The lowest BCUT2D eigenvalue weighted by Gasteiger charge is -2.30. The van der Waals surface area contributed by atoms with Crippen LogP contribution in [0.3, 0.4) is 0 Å². The van der Waals surface area contributed by atoms with Crippen molar-refractivity contribution < 1.29 is 12.8 Å². The highest BCUT2D eigenvalue weighted by atomic mass is 35.5. The molecule has 1 aliphatic rings. The predicted octanol–water partition coefficient (Wildman–Crippen LogP) is 3.20. The van der Waals surface area contributed by atoms with E-state index in [1.807, 2.05) is 6.92 Å². The zero-order valence-electron chi connectivity index (χ0n) is 16.3. The highest BCUT2D eigenvalue weighted by Crippen LogP contribution is 2.22. The molecule has 11 heteroatoms. The molecule has 0 bridgehead atoms. The second-order valence-corrected chi connectivity index (χ2v) is 9.37. The van der Waals surface area contributed by atoms with E-state index in [0.29, 0.717) is 55.8 Å². The van der Waals surface area contributed by atoms with Gasteiger partial charge in [0, 0.05) is 31.2 Å². The van der Waals surface area contributed by atoms with E-state index >= 15 is 0 Å². The molecule has 0 spiro atoms. The van der Waals surface area contributed by atoms with Crippen molar-refractivity contribution in [1.29, 1.82) is 0 Å². The summed E-state index contributed by atoms with van der Waals surface area (Å²) < 4.78 is 38.2. The number of anilines is 3. The normalized spacial score (nSPS) is 16.0. The molecule has 0 saturated carbocycles. The van der Waals surface area contributed by atoms with E-state index in [9.17, 15) is 12.8 Å². The van der Waals surface area contributed by atoms with Gasteiger partial charge >= 0.3 is 0 Å². The van der Waals surface area contributed by atoms with E-state index in [1.165, 1.54) is 22.7 Å². The number of hydrogen-bond acceptors (Lipinski definition) is 7. The fourth-order valence-corrected chi connectivity index (χ4v) is 4.15. The molecular formula is C18H24ClFN6O2S. The van der Waals surface area contributed by atoms with Crippen LogP contribution in [0.2, 0.25) is 5.02 Å². The molecule has 1 saturated heterocycles. The Balaban J connectivity index is 1.74. The first kappa shape index (κ1) is 21.7. The second kappa shape index (κ2) is 9.19. The molecule has 0 unspecified atom stereocenters. The third-order valence-corrected chi connectivity index (χ3v) is 6.18. The number of nitrogens with zero attached hydrogens (tertiary/aromatic N) is 4. The summed E-state index contributed by atoms with van der Waals surface area (Å²) in [4.78, 5) is 13.3. The summed E-state index contributed by atoms with van der Waals surface area (Å²) in [5, 5.41) is 6.33. The topological polar surface area (TPSA) is 100 Å². The lowest BCUT2D eigenvalue weighted by Crippen LogP contribution is -2.42. The summed E-state index contributed by atoms with van der Waals surface area (Å²) in [5.74, 6) is 0.899. The van der Waals surface area contributed by atoms with E-state index in [2.05, 4.69) is 25.6 Å². The number of hydrogen-bond donors (Lipinski definition) is 2. The number of halogens is 2. The zero-order valence-corrected chi connectivity index (χ0v) is 17.9. The molecule has 1 aromatic heterocycles. The van der Waals surface area contributed by atoms with Gasteiger partial charge in [-0.1, -0.05) is 18.5 Å². The summed E-state index contributed by atoms with van der Waals surface area (Å²) in [5.41, 5.74) is 0.567. The number of rotatable bonds is 7. The van der Waals surface area contributed by atoms with Crippen molar-refractivity contribution in [2.45, 2.75) is 38.6 Å². The van der Waals surface area contributed by atoms with Crippen LogP contribution in [0.5, 0.6) is 0 Å². The van der Waals surface area contributed by atoms with Crippen LogP contribution < -0.4 is 10.6 Å². The molecule has 2 heterocycles. The van der Waals surface area contributed by atoms with Crippen molar-refractivity contribution in [3.05, 3.63) is 34.9 Å². The smallest absolute Gasteiger partial charge is 0.232 e. The number of aryl methyl sites for hydroxylation is 1. The summed E-state index contributed by atoms with van der Waals surface area (Å²) >= 11 is 5.84. The van der Waals surface area contributed by atoms with Crippen LogP contribution in [0, 0.1) is 5.82 Å². The fourth-order valence-electron chi connectivity index (χ4n) is 3.09. The average Bonchev–Trinajstić information content (AvgIpc) is 2.65. The molecule has 29 heavy (non-hydrogen) atoms. The third-order valence-electron chi connectivity index (χ3n) is 4.59. The highest BCUT2D eigenvalue weighted by molar-refractivity contribution is 7.88. The highest BCUT2D eigenvalue weighted by Gasteiger charge is 2.25. The molecule has 0 atom stereocenters. The molecule has 0 amide bonds. The third kappa shape index (κ3) is 5.97. The zero-order chi connectivity index (χ0) is 21.0. The maximum Gasteiger partial charge on any atom is 0.232 e. The van der Waals surface area contributed by atoms with Crippen LogP contribution in [0.15, 0.2) is 18.2 Å². The van der Waals surface area contributed by atoms with Crippen LogP contribution in [0.25, 0.3) is 0 Å². The van der Waals surface area contributed by atoms with Gasteiger partial charge in [0.05, 0.1) is 11.3 Å². The molecule has 0 aliphatic carbocycles. The van der Waals surface area contributed by atoms with Crippen LogP contribution >= 0.6 is 11.6 Å². The maximum atomic E-state index is 13.4. The summed E-state index contributed by atoms with van der Waals surface area (Å²) in [6, 6.07) is 4.36. The minimum Gasteiger partial charge on any atom is -0.351 e. The first-order chi connectivity index (χ1) is 13.7. The van der Waals surface area contributed by atoms with Gasteiger partial charge in [-0.3, -0.25) is 0 Å². The van der Waals surface area contributed by atoms with E-state index in [1.54, 1.807) is 6.07 Å². The Bertz CT molecular complexity index is 967. The number of piperidine rings is 1. The lowest BCUT2D eigenvalue weighted by atomic mass is 10.1. The van der Waals surface area contributed by atoms with Gasteiger partial charge < -0.3 is 10.6 Å². The Hall–Kier alpha value is -2.04. The van der Waals surface area contributed by atoms with Crippen molar-refractivity contribution in [3.8, 4) is 0 Å². The van der Waals surface area contributed by atoms with Gasteiger partial charge in [-0.2, -0.15) is 15.0 Å². The van der Waals surface area contributed by atoms with E-state index in [4.69, 9.17) is 11.6 Å². The Morgan fingerprint density at radius 1 is 1.21 bits per heavy atom. The monoisotopic (exact) mass is 442 g/mol. The van der Waals surface area contributed by atoms with Gasteiger partial charge in [-0.25, -0.2) is 17.1 Å². The van der Waals surface area contributed by atoms with Gasteiger partial charge in [0.25, 0.3) is 0 Å². The molecule has 2 N–H and O–H groups in total. The SMILES string of the molecule is CCCc1nc(Nc2ccc(F)c(Cl)c2)nc(NC2CCN(S(C)(=O)=O)CC2)n1. The Kier molecular flexibility index (Phi) is 6.86. The number of sulfonamides is 1. The van der Waals surface area contributed by atoms with Gasteiger partial charge in [0.15, 0.2) is 0 Å². The van der Waals surface area contributed by atoms with Crippen LogP contribution in [0.1, 0.15) is 32.0 Å². The van der Waals surface area contributed by atoms with Gasteiger partial charge in [-0.05, 0) is 37.5 Å². The average molecular weight is 443 g/mol. The number of benzene rings is 1. The van der Waals surface area contributed by atoms with Crippen molar-refractivity contribution in [2.24, 2.45) is 0 Å². The summed E-state index contributed by atoms with van der Waals surface area (Å²) in [7, 11) is -3.17. The largest absolute Gasteiger partial charge is 0.351 e. The van der Waals surface area contributed by atoms with Crippen LogP contribution in [0.4, 0.5) is 22.0 Å². The molecule has 0 radical (unpaired) electrons. The van der Waals surface area contributed by atoms with Crippen molar-refractivity contribution in [3.63, 3.8) is 0 Å². The first-order valence-electron chi connectivity index (χ1n) is 9.43. The Labute approximate surface area is 175 Å². The molecular weight excluding hydrogens is 419 g/mol. The van der Waals surface area contributed by atoms with E-state index in [-0.39, 0.29) is 11.1 Å². The molecule has 1 aliphatic heterocycles. The summed E-state index contributed by atoms with van der Waals surface area (Å²) in [6.07, 6.45) is 4.11. The molecule has 2 aromatic rings. The molecule has 158 valence electrons. The van der Waals surface area contributed by atoms with Crippen molar-refractivity contribution in [1.82, 2.24) is 19.3 Å². The summed E-state index contributed by atoms with van der Waals surface area (Å²) in [6.45, 7) is 2.95. The van der Waals surface area contributed by atoms with E-state index < -0.39 is 15.8 Å². The fraction of sp³-hybridized carbons (Fsp3) is 0.500. The standard InChI is InChI=1S/C18H24ClFN6O2S/c1-3-4-16-23-17(21-12-7-9-26(10-8-12)29(2,27)28)25-18(24-16)22-13-5-6-15(20)14(19)11-13/h5-6,11-12H,3-4,7-10H2,1-2H3,(H2,21,22,23,24,25). The van der Waals surface area contributed by atoms with E-state index in [0.717, 1.165) is 6.42 Å². The molecule has 8 nitrogen and oxygen atoms in total. The minimum absolute atomic E-state index is 0.00817. The quantitative estimate of drug-likeness (QED) is 0.679. The maximum absolute atomic E-state index is 13.4. The van der Waals surface area contributed by atoms with Gasteiger partial charge in [0.1, 0.15) is 11.6 Å². The van der Waals surface area contributed by atoms with Gasteiger partial charge in [-0.15, -0.1) is 0 Å². The molecule has 3 rings (SSSR count). The van der Waals surface area contributed by atoms with Crippen LogP contribution in [-0.2, 0) is 16.4 Å². The predicted molar refractivity (Wildman–Crippen MR) is 112 cm³/mol. The Morgan fingerprint density at radius 3 is 2.52 bits per heavy atom. The van der Waals surface area contributed by atoms with Crippen molar-refractivity contribution >= 4 is 39.2 Å². The van der Waals surface area contributed by atoms with Crippen LogP contribution in [-0.4, -0.2) is 53.1 Å². The minimum atomic E-state index is -3.17. The number of nitrogens with one attached hydrogen (secondary N) is 2.